The van der Waals surface area contributed by atoms with Crippen molar-refractivity contribution in [2.75, 3.05) is 19.6 Å². The van der Waals surface area contributed by atoms with Crippen LogP contribution in [0.2, 0.25) is 0 Å². The summed E-state index contributed by atoms with van der Waals surface area (Å²) in [4.78, 5) is 10.5. The van der Waals surface area contributed by atoms with Crippen molar-refractivity contribution < 1.29 is 0 Å². The predicted octanol–water partition coefficient (Wildman–Crippen LogP) is 19.1. The first-order valence-electron chi connectivity index (χ1n) is 33.0. The van der Waals surface area contributed by atoms with Crippen LogP contribution in [0.1, 0.15) is 103 Å². The Labute approximate surface area is 541 Å². The third-order valence-corrected chi connectivity index (χ3v) is 23.3. The standard InChI is InChI=1S/C84H72B2N4S/c1-81(2)41-43-83(5,6)64-45-53(37-39-62(64)81)55-47-72-78-73(48-55)88(58-27-15-10-16-28-58)70-52-71-68(51-67(70)85(78)66-34-22-23-35-69(66)87(72)57-25-13-9-14-26-57)86-77-61-33-21-24-36-76(61)91-80(77)90(60-31-19-12-20-32-60)75-50-56(49-74(79(75)86)89(71)59-29-17-11-18-30-59)54-38-40-63-65(46-54)84(7,8)44-42-82(63,3)4/h9-40,45-52H,41-44H2,1-8H3. The van der Waals surface area contributed by atoms with E-state index in [1.807, 2.05) is 11.3 Å². The molecule has 91 heavy (non-hydrogen) atoms. The molecule has 0 amide bonds. The van der Waals surface area contributed by atoms with Gasteiger partial charge in [0.15, 0.2) is 0 Å². The molecule has 0 unspecified atom stereocenters. The third kappa shape index (κ3) is 8.08. The fraction of sp³-hybridized carbons (Fsp3) is 0.190. The number of thiophene rings is 1. The molecule has 0 saturated carbocycles. The van der Waals surface area contributed by atoms with Crippen LogP contribution in [0.25, 0.3) is 32.3 Å². The Bertz CT molecular complexity index is 4990. The van der Waals surface area contributed by atoms with E-state index < -0.39 is 0 Å². The average Bonchev–Trinajstić information content (AvgIpc) is 1.58. The van der Waals surface area contributed by atoms with Gasteiger partial charge in [0.05, 0.1) is 5.00 Å². The number of rotatable bonds is 6. The van der Waals surface area contributed by atoms with Crippen molar-refractivity contribution in [3.05, 3.63) is 265 Å². The molecule has 7 heteroatoms. The van der Waals surface area contributed by atoms with Crippen molar-refractivity contribution >= 4 is 135 Å². The zero-order chi connectivity index (χ0) is 61.4. The highest BCUT2D eigenvalue weighted by Gasteiger charge is 2.50. The summed E-state index contributed by atoms with van der Waals surface area (Å²) >= 11 is 1.93. The van der Waals surface area contributed by atoms with Crippen molar-refractivity contribution in [1.82, 2.24) is 0 Å². The van der Waals surface area contributed by atoms with Crippen molar-refractivity contribution in [2.45, 2.75) is 103 Å². The van der Waals surface area contributed by atoms with E-state index in [9.17, 15) is 0 Å². The highest BCUT2D eigenvalue weighted by atomic mass is 32.1. The lowest BCUT2D eigenvalue weighted by atomic mass is 9.30. The van der Waals surface area contributed by atoms with Crippen molar-refractivity contribution in [2.24, 2.45) is 0 Å². The number of nitrogens with zero attached hydrogens (tertiary/aromatic N) is 4. The second kappa shape index (κ2) is 19.6. The van der Waals surface area contributed by atoms with E-state index in [0.717, 1.165) is 35.6 Å². The van der Waals surface area contributed by atoms with E-state index in [4.69, 9.17) is 0 Å². The Hall–Kier alpha value is -9.29. The molecule has 0 saturated heterocycles. The van der Waals surface area contributed by atoms with Gasteiger partial charge in [0.25, 0.3) is 13.4 Å². The van der Waals surface area contributed by atoms with Crippen molar-refractivity contribution in [1.29, 1.82) is 0 Å². The van der Waals surface area contributed by atoms with Crippen LogP contribution in [0, 0.1) is 0 Å². The number of anilines is 12. The molecule has 0 fully saturated rings. The molecule has 0 atom stereocenters. The van der Waals surface area contributed by atoms with Gasteiger partial charge in [0, 0.05) is 67.3 Å². The van der Waals surface area contributed by atoms with Gasteiger partial charge in [-0.15, -0.1) is 11.3 Å². The fourth-order valence-corrected chi connectivity index (χ4v) is 18.4. The average molecular weight is 1190 g/mol. The van der Waals surface area contributed by atoms with Crippen LogP contribution in [0.3, 0.4) is 0 Å². The van der Waals surface area contributed by atoms with Gasteiger partial charge in [-0.1, -0.05) is 207 Å². The van der Waals surface area contributed by atoms with Crippen molar-refractivity contribution in [3.8, 4) is 22.3 Å². The summed E-state index contributed by atoms with van der Waals surface area (Å²) in [5, 5.41) is 2.59. The van der Waals surface area contributed by atoms with Crippen LogP contribution in [-0.4, -0.2) is 13.4 Å². The predicted molar refractivity (Wildman–Crippen MR) is 391 cm³/mol. The van der Waals surface area contributed by atoms with E-state index in [1.165, 1.54) is 145 Å². The van der Waals surface area contributed by atoms with Crippen LogP contribution in [0.5, 0.6) is 0 Å². The van der Waals surface area contributed by atoms with Gasteiger partial charge in [0.1, 0.15) is 0 Å². The summed E-state index contributed by atoms with van der Waals surface area (Å²) in [5.74, 6) is 0. The molecule has 11 aromatic carbocycles. The second-order valence-electron chi connectivity index (χ2n) is 29.3. The monoisotopic (exact) mass is 1190 g/mol. The molecule has 6 aliphatic rings. The lowest BCUT2D eigenvalue weighted by molar-refractivity contribution is 0.332. The highest BCUT2D eigenvalue weighted by Crippen LogP contribution is 2.54. The summed E-state index contributed by atoms with van der Waals surface area (Å²) in [5.41, 5.74) is 32.1. The Morgan fingerprint density at radius 3 is 1.16 bits per heavy atom. The van der Waals surface area contributed by atoms with Gasteiger partial charge in [-0.3, -0.25) is 0 Å². The van der Waals surface area contributed by atoms with E-state index in [0.29, 0.717) is 0 Å². The summed E-state index contributed by atoms with van der Waals surface area (Å²) in [6.07, 6.45) is 4.67. The largest absolute Gasteiger partial charge is 0.311 e. The number of hydrogen-bond donors (Lipinski definition) is 0. The van der Waals surface area contributed by atoms with Crippen LogP contribution in [0.4, 0.5) is 67.6 Å². The molecule has 5 heterocycles. The molecule has 4 nitrogen and oxygen atoms in total. The maximum absolute atomic E-state index is 2.69. The van der Waals surface area contributed by atoms with Crippen LogP contribution in [0.15, 0.2) is 243 Å². The number of para-hydroxylation sites is 5. The van der Waals surface area contributed by atoms with Crippen LogP contribution < -0.4 is 52.4 Å². The summed E-state index contributed by atoms with van der Waals surface area (Å²) in [6.45, 7) is 19.4. The van der Waals surface area contributed by atoms with Crippen molar-refractivity contribution in [3.63, 3.8) is 0 Å². The quantitative estimate of drug-likeness (QED) is 0.154. The molecule has 0 spiro atoms. The first kappa shape index (κ1) is 54.6. The molecule has 4 aliphatic heterocycles. The van der Waals surface area contributed by atoms with Gasteiger partial charge >= 0.3 is 0 Å². The molecule has 1 aromatic heterocycles. The molecule has 18 rings (SSSR count). The minimum Gasteiger partial charge on any atom is -0.311 e. The lowest BCUT2D eigenvalue weighted by Gasteiger charge is -2.47. The smallest absolute Gasteiger partial charge is 0.254 e. The topological polar surface area (TPSA) is 13.0 Å². The van der Waals surface area contributed by atoms with E-state index in [2.05, 4.69) is 318 Å². The molecular formula is C84H72B2N4S. The first-order chi connectivity index (χ1) is 44.1. The normalized spacial score (nSPS) is 17.1. The Kier molecular flexibility index (Phi) is 11.8. The minimum atomic E-state index is -0.111. The van der Waals surface area contributed by atoms with Crippen LogP contribution >= 0.6 is 11.3 Å². The molecule has 0 N–H and O–H groups in total. The molecular weight excluding hydrogens is 1120 g/mol. The second-order valence-corrected chi connectivity index (χ2v) is 30.3. The van der Waals surface area contributed by atoms with Gasteiger partial charge in [-0.05, 0) is 221 Å². The Balaban J connectivity index is 0.957. The summed E-state index contributed by atoms with van der Waals surface area (Å²) in [6, 6.07) is 93.7. The third-order valence-electron chi connectivity index (χ3n) is 22.1. The Morgan fingerprint density at radius 2 is 0.670 bits per heavy atom. The SMILES string of the molecule is CC1(C)CCC(C)(C)c2cc(-c3cc4c5c(c3)N(c3ccccc3)c3cc6c(cc3B5c3ccccc3N4c3ccccc3)B3c4c(cc(-c5ccc7c(c5)C(C)(C)CCC7(C)C)cc4N(c4ccccc4)c4sc5ccccc5c43)N6c3ccccc3)ccc21. The summed E-state index contributed by atoms with van der Waals surface area (Å²) in [7, 11) is 0. The van der Waals surface area contributed by atoms with E-state index in [-0.39, 0.29) is 35.1 Å². The summed E-state index contributed by atoms with van der Waals surface area (Å²) < 4.78 is 1.30. The molecule has 0 bridgehead atoms. The Morgan fingerprint density at radius 1 is 0.286 bits per heavy atom. The molecule has 12 aromatic rings. The van der Waals surface area contributed by atoms with Gasteiger partial charge in [0.2, 0.25) is 0 Å². The number of benzene rings is 11. The van der Waals surface area contributed by atoms with Gasteiger partial charge < -0.3 is 19.6 Å². The molecule has 2 aliphatic carbocycles. The van der Waals surface area contributed by atoms with E-state index >= 15 is 0 Å². The first-order valence-corrected chi connectivity index (χ1v) is 33.8. The highest BCUT2D eigenvalue weighted by molar-refractivity contribution is 7.26. The maximum Gasteiger partial charge on any atom is 0.254 e. The molecule has 440 valence electrons. The number of fused-ring (bicyclic) bond motifs is 12. The zero-order valence-electron chi connectivity index (χ0n) is 53.3. The number of hydrogen-bond acceptors (Lipinski definition) is 5. The minimum absolute atomic E-state index is 0.0443. The maximum atomic E-state index is 2.69. The molecule has 0 radical (unpaired) electrons. The van der Waals surface area contributed by atoms with E-state index in [1.54, 1.807) is 0 Å². The zero-order valence-corrected chi connectivity index (χ0v) is 54.1. The van der Waals surface area contributed by atoms with Gasteiger partial charge in [-0.2, -0.15) is 0 Å². The lowest BCUT2D eigenvalue weighted by Crippen LogP contribution is -2.65. The van der Waals surface area contributed by atoms with Gasteiger partial charge in [-0.25, -0.2) is 0 Å². The fourth-order valence-electron chi connectivity index (χ4n) is 17.2. The van der Waals surface area contributed by atoms with Crippen LogP contribution in [-0.2, 0) is 21.7 Å².